The number of aryl methyl sites for hydroxylation is 1. The van der Waals surface area contributed by atoms with Crippen LogP contribution in [0.2, 0.25) is 0 Å². The smallest absolute Gasteiger partial charge is 0.222 e. The Bertz CT molecular complexity index is 345. The molecule has 1 aliphatic heterocycles. The van der Waals surface area contributed by atoms with Crippen LogP contribution in [0.3, 0.4) is 0 Å². The van der Waals surface area contributed by atoms with Crippen LogP contribution in [0, 0.1) is 6.92 Å². The van der Waals surface area contributed by atoms with Crippen molar-refractivity contribution in [3.8, 4) is 0 Å². The molecule has 16 heavy (non-hydrogen) atoms. The summed E-state index contributed by atoms with van der Waals surface area (Å²) in [5, 5.41) is 3.40. The summed E-state index contributed by atoms with van der Waals surface area (Å²) in [6, 6.07) is 2.51. The van der Waals surface area contributed by atoms with Crippen LogP contribution >= 0.6 is 0 Å². The SMILES string of the molecule is CCC1CNCCN1c1cc(C)nc(N)n1. The van der Waals surface area contributed by atoms with Crippen LogP contribution in [0.4, 0.5) is 11.8 Å². The molecule has 1 fully saturated rings. The number of hydrogen-bond donors (Lipinski definition) is 2. The third kappa shape index (κ3) is 2.24. The van der Waals surface area contributed by atoms with Gasteiger partial charge < -0.3 is 16.0 Å². The van der Waals surface area contributed by atoms with Crippen molar-refractivity contribution in [1.29, 1.82) is 0 Å². The fourth-order valence-electron chi connectivity index (χ4n) is 2.15. The fraction of sp³-hybridized carbons (Fsp3) is 0.636. The van der Waals surface area contributed by atoms with Crippen LogP contribution in [0.25, 0.3) is 0 Å². The second kappa shape index (κ2) is 4.65. The van der Waals surface area contributed by atoms with Crippen molar-refractivity contribution in [2.24, 2.45) is 0 Å². The lowest BCUT2D eigenvalue weighted by atomic mass is 10.1. The molecule has 0 amide bonds. The quantitative estimate of drug-likeness (QED) is 0.763. The van der Waals surface area contributed by atoms with Gasteiger partial charge in [0, 0.05) is 37.4 Å². The molecule has 0 aromatic carbocycles. The highest BCUT2D eigenvalue weighted by Crippen LogP contribution is 2.18. The Morgan fingerprint density at radius 2 is 2.38 bits per heavy atom. The van der Waals surface area contributed by atoms with Crippen LogP contribution < -0.4 is 16.0 Å². The molecular weight excluding hydrogens is 202 g/mol. The summed E-state index contributed by atoms with van der Waals surface area (Å²) >= 11 is 0. The van der Waals surface area contributed by atoms with E-state index in [1.54, 1.807) is 0 Å². The molecule has 88 valence electrons. The van der Waals surface area contributed by atoms with Crippen LogP contribution in [-0.4, -0.2) is 35.6 Å². The molecule has 5 nitrogen and oxygen atoms in total. The molecule has 1 aromatic heterocycles. The first-order valence-electron chi connectivity index (χ1n) is 5.79. The van der Waals surface area contributed by atoms with Crippen molar-refractivity contribution in [2.75, 3.05) is 30.3 Å². The van der Waals surface area contributed by atoms with E-state index in [0.29, 0.717) is 12.0 Å². The lowest BCUT2D eigenvalue weighted by molar-refractivity contribution is 0.463. The molecule has 2 heterocycles. The van der Waals surface area contributed by atoms with Gasteiger partial charge in [0.2, 0.25) is 5.95 Å². The Hall–Kier alpha value is -1.36. The largest absolute Gasteiger partial charge is 0.368 e. The van der Waals surface area contributed by atoms with Crippen molar-refractivity contribution in [1.82, 2.24) is 15.3 Å². The highest BCUT2D eigenvalue weighted by atomic mass is 15.3. The molecule has 5 heteroatoms. The summed E-state index contributed by atoms with van der Waals surface area (Å²) in [4.78, 5) is 10.7. The summed E-state index contributed by atoms with van der Waals surface area (Å²) in [5.41, 5.74) is 6.62. The molecule has 0 radical (unpaired) electrons. The minimum absolute atomic E-state index is 0.364. The highest BCUT2D eigenvalue weighted by Gasteiger charge is 2.22. The average Bonchev–Trinajstić information content (AvgIpc) is 2.27. The Morgan fingerprint density at radius 1 is 1.56 bits per heavy atom. The predicted octanol–water partition coefficient (Wildman–Crippen LogP) is 0.555. The maximum Gasteiger partial charge on any atom is 0.222 e. The van der Waals surface area contributed by atoms with E-state index in [9.17, 15) is 0 Å². The number of piperazine rings is 1. The second-order valence-corrected chi connectivity index (χ2v) is 4.19. The molecule has 0 saturated carbocycles. The Labute approximate surface area is 96.1 Å². The second-order valence-electron chi connectivity index (χ2n) is 4.19. The van der Waals surface area contributed by atoms with E-state index in [4.69, 9.17) is 5.73 Å². The lowest BCUT2D eigenvalue weighted by Crippen LogP contribution is -2.51. The minimum atomic E-state index is 0.364. The molecule has 2 rings (SSSR count). The third-order valence-electron chi connectivity index (χ3n) is 2.97. The van der Waals surface area contributed by atoms with Gasteiger partial charge in [-0.25, -0.2) is 4.98 Å². The molecule has 1 unspecified atom stereocenters. The topological polar surface area (TPSA) is 67.1 Å². The van der Waals surface area contributed by atoms with Crippen LogP contribution in [0.1, 0.15) is 19.0 Å². The van der Waals surface area contributed by atoms with Crippen molar-refractivity contribution < 1.29 is 0 Å². The number of nitrogens with one attached hydrogen (secondary N) is 1. The Morgan fingerprint density at radius 3 is 3.06 bits per heavy atom. The Balaban J connectivity index is 2.26. The molecule has 1 saturated heterocycles. The van der Waals surface area contributed by atoms with Crippen LogP contribution in [0.15, 0.2) is 6.07 Å². The third-order valence-corrected chi connectivity index (χ3v) is 2.97. The molecule has 0 aliphatic carbocycles. The molecule has 0 spiro atoms. The van der Waals surface area contributed by atoms with Gasteiger partial charge in [-0.05, 0) is 13.3 Å². The molecule has 1 aromatic rings. The standard InChI is InChI=1S/C11H19N5/c1-3-9-7-13-4-5-16(9)10-6-8(2)14-11(12)15-10/h6,9,13H,3-5,7H2,1-2H3,(H2,12,14,15). The molecular formula is C11H19N5. The van der Waals surface area contributed by atoms with E-state index in [1.807, 2.05) is 13.0 Å². The first-order chi connectivity index (χ1) is 7.70. The van der Waals surface area contributed by atoms with Crippen molar-refractivity contribution in [2.45, 2.75) is 26.3 Å². The van der Waals surface area contributed by atoms with Crippen LogP contribution in [-0.2, 0) is 0 Å². The normalized spacial score (nSPS) is 21.1. The van der Waals surface area contributed by atoms with Gasteiger partial charge in [0.25, 0.3) is 0 Å². The van der Waals surface area contributed by atoms with Gasteiger partial charge in [-0.15, -0.1) is 0 Å². The zero-order valence-corrected chi connectivity index (χ0v) is 9.90. The monoisotopic (exact) mass is 221 g/mol. The lowest BCUT2D eigenvalue weighted by Gasteiger charge is -2.36. The van der Waals surface area contributed by atoms with E-state index in [2.05, 4.69) is 27.1 Å². The van der Waals surface area contributed by atoms with E-state index in [1.165, 1.54) is 0 Å². The maximum absolute atomic E-state index is 5.69. The highest BCUT2D eigenvalue weighted by molar-refractivity contribution is 5.45. The maximum atomic E-state index is 5.69. The van der Waals surface area contributed by atoms with Gasteiger partial charge in [-0.3, -0.25) is 0 Å². The first kappa shape index (κ1) is 11.1. The van der Waals surface area contributed by atoms with Gasteiger partial charge in [-0.1, -0.05) is 6.92 Å². The van der Waals surface area contributed by atoms with Crippen LogP contribution in [0.5, 0.6) is 0 Å². The molecule has 1 aliphatic rings. The Kier molecular flexibility index (Phi) is 3.24. The van der Waals surface area contributed by atoms with E-state index < -0.39 is 0 Å². The number of aromatic nitrogens is 2. The van der Waals surface area contributed by atoms with Gasteiger partial charge >= 0.3 is 0 Å². The van der Waals surface area contributed by atoms with Crippen molar-refractivity contribution in [3.05, 3.63) is 11.8 Å². The number of anilines is 2. The summed E-state index contributed by atoms with van der Waals surface area (Å²) in [6.45, 7) is 7.14. The van der Waals surface area contributed by atoms with Gasteiger partial charge in [0.1, 0.15) is 5.82 Å². The van der Waals surface area contributed by atoms with Crippen molar-refractivity contribution >= 4 is 11.8 Å². The van der Waals surface area contributed by atoms with Gasteiger partial charge in [0.15, 0.2) is 0 Å². The summed E-state index contributed by atoms with van der Waals surface area (Å²) in [5.74, 6) is 1.32. The zero-order chi connectivity index (χ0) is 11.5. The van der Waals surface area contributed by atoms with Gasteiger partial charge in [0.05, 0.1) is 0 Å². The number of nitrogens with two attached hydrogens (primary N) is 1. The zero-order valence-electron chi connectivity index (χ0n) is 9.90. The first-order valence-corrected chi connectivity index (χ1v) is 5.79. The molecule has 1 atom stereocenters. The number of hydrogen-bond acceptors (Lipinski definition) is 5. The summed E-state index contributed by atoms with van der Waals surface area (Å²) in [7, 11) is 0. The van der Waals surface area contributed by atoms with E-state index in [-0.39, 0.29) is 0 Å². The molecule has 3 N–H and O–H groups in total. The predicted molar refractivity (Wildman–Crippen MR) is 65.5 cm³/mol. The van der Waals surface area contributed by atoms with E-state index >= 15 is 0 Å². The van der Waals surface area contributed by atoms with Crippen molar-refractivity contribution in [3.63, 3.8) is 0 Å². The van der Waals surface area contributed by atoms with Gasteiger partial charge in [-0.2, -0.15) is 4.98 Å². The van der Waals surface area contributed by atoms with E-state index in [0.717, 1.165) is 37.6 Å². The number of nitrogens with zero attached hydrogens (tertiary/aromatic N) is 3. The average molecular weight is 221 g/mol. The summed E-state index contributed by atoms with van der Waals surface area (Å²) in [6.07, 6.45) is 1.11. The number of rotatable bonds is 2. The fourth-order valence-corrected chi connectivity index (χ4v) is 2.15. The molecule has 0 bridgehead atoms. The minimum Gasteiger partial charge on any atom is -0.368 e. The summed E-state index contributed by atoms with van der Waals surface area (Å²) < 4.78 is 0. The number of nitrogen functional groups attached to an aromatic ring is 1.